The average molecular weight is 256 g/mol. The molecule has 1 N–H and O–H groups in total. The molecule has 0 amide bonds. The van der Waals surface area contributed by atoms with Crippen LogP contribution in [0.5, 0.6) is 0 Å². The monoisotopic (exact) mass is 256 g/mol. The van der Waals surface area contributed by atoms with Gasteiger partial charge in [-0.1, -0.05) is 26.2 Å². The Balaban J connectivity index is 2.01. The van der Waals surface area contributed by atoms with Gasteiger partial charge in [0.2, 0.25) is 0 Å². The van der Waals surface area contributed by atoms with Crippen LogP contribution >= 0.6 is 0 Å². The SMILES string of the molecule is CCC1CCCC(C(O)C2(OC)CCOCC2)C1. The second-order valence-electron chi connectivity index (χ2n) is 6.03. The van der Waals surface area contributed by atoms with Gasteiger partial charge in [0.25, 0.3) is 0 Å². The van der Waals surface area contributed by atoms with Crippen molar-refractivity contribution in [1.29, 1.82) is 0 Å². The topological polar surface area (TPSA) is 38.7 Å². The summed E-state index contributed by atoms with van der Waals surface area (Å²) in [6.07, 6.45) is 7.51. The summed E-state index contributed by atoms with van der Waals surface area (Å²) in [5.41, 5.74) is -0.349. The Bertz CT molecular complexity index is 248. The highest BCUT2D eigenvalue weighted by Crippen LogP contribution is 2.40. The fraction of sp³-hybridized carbons (Fsp3) is 1.00. The van der Waals surface area contributed by atoms with E-state index in [4.69, 9.17) is 9.47 Å². The highest BCUT2D eigenvalue weighted by atomic mass is 16.5. The number of hydrogen-bond donors (Lipinski definition) is 1. The molecule has 0 aromatic carbocycles. The minimum Gasteiger partial charge on any atom is -0.390 e. The Morgan fingerprint density at radius 1 is 1.33 bits per heavy atom. The molecule has 1 saturated heterocycles. The molecular formula is C15H28O3. The van der Waals surface area contributed by atoms with Gasteiger partial charge in [0, 0.05) is 33.2 Å². The normalized spacial score (nSPS) is 34.2. The predicted molar refractivity (Wildman–Crippen MR) is 71.5 cm³/mol. The van der Waals surface area contributed by atoms with Gasteiger partial charge in [-0.15, -0.1) is 0 Å². The van der Waals surface area contributed by atoms with Crippen molar-refractivity contribution in [2.75, 3.05) is 20.3 Å². The maximum absolute atomic E-state index is 10.8. The first-order chi connectivity index (χ1) is 8.72. The summed E-state index contributed by atoms with van der Waals surface area (Å²) >= 11 is 0. The molecule has 1 heterocycles. The maximum atomic E-state index is 10.8. The number of aliphatic hydroxyl groups is 1. The van der Waals surface area contributed by atoms with Crippen molar-refractivity contribution in [2.45, 2.75) is 63.6 Å². The molecule has 1 aliphatic carbocycles. The highest BCUT2D eigenvalue weighted by Gasteiger charge is 2.44. The molecule has 2 fully saturated rings. The van der Waals surface area contributed by atoms with Crippen molar-refractivity contribution in [1.82, 2.24) is 0 Å². The summed E-state index contributed by atoms with van der Waals surface area (Å²) < 4.78 is 11.1. The molecule has 3 unspecified atom stereocenters. The molecule has 3 atom stereocenters. The summed E-state index contributed by atoms with van der Waals surface area (Å²) in [6.45, 7) is 3.70. The predicted octanol–water partition coefficient (Wildman–Crippen LogP) is 2.76. The summed E-state index contributed by atoms with van der Waals surface area (Å²) in [5, 5.41) is 10.8. The minimum atomic E-state index is -0.349. The molecule has 2 rings (SSSR count). The van der Waals surface area contributed by atoms with Crippen LogP contribution in [-0.4, -0.2) is 37.1 Å². The lowest BCUT2D eigenvalue weighted by Gasteiger charge is -2.44. The van der Waals surface area contributed by atoms with E-state index in [2.05, 4.69) is 6.92 Å². The molecule has 1 aliphatic heterocycles. The van der Waals surface area contributed by atoms with E-state index in [0.717, 1.165) is 38.4 Å². The van der Waals surface area contributed by atoms with E-state index in [1.807, 2.05) is 0 Å². The zero-order valence-electron chi connectivity index (χ0n) is 11.9. The molecule has 3 heteroatoms. The van der Waals surface area contributed by atoms with Gasteiger partial charge in [0.1, 0.15) is 0 Å². The largest absolute Gasteiger partial charge is 0.390 e. The molecule has 0 radical (unpaired) electrons. The number of hydrogen-bond acceptors (Lipinski definition) is 3. The Morgan fingerprint density at radius 3 is 2.67 bits per heavy atom. The molecule has 18 heavy (non-hydrogen) atoms. The van der Waals surface area contributed by atoms with Gasteiger partial charge < -0.3 is 14.6 Å². The molecule has 0 spiro atoms. The van der Waals surface area contributed by atoms with Crippen LogP contribution in [0.4, 0.5) is 0 Å². The molecule has 1 saturated carbocycles. The Labute approximate surface area is 111 Å². The third kappa shape index (κ3) is 2.89. The summed E-state index contributed by atoms with van der Waals surface area (Å²) in [5.74, 6) is 1.22. The zero-order chi connectivity index (χ0) is 13.0. The van der Waals surface area contributed by atoms with E-state index >= 15 is 0 Å². The van der Waals surface area contributed by atoms with Crippen LogP contribution in [0.1, 0.15) is 51.9 Å². The van der Waals surface area contributed by atoms with Crippen molar-refractivity contribution in [3.8, 4) is 0 Å². The summed E-state index contributed by atoms with van der Waals surface area (Å²) in [6, 6.07) is 0. The van der Waals surface area contributed by atoms with Crippen LogP contribution in [0.3, 0.4) is 0 Å². The smallest absolute Gasteiger partial charge is 0.0982 e. The van der Waals surface area contributed by atoms with Crippen LogP contribution in [0.2, 0.25) is 0 Å². The van der Waals surface area contributed by atoms with Crippen molar-refractivity contribution in [3.63, 3.8) is 0 Å². The standard InChI is InChI=1S/C15H28O3/c1-3-12-5-4-6-13(11-12)14(16)15(17-2)7-9-18-10-8-15/h12-14,16H,3-11H2,1-2H3. The van der Waals surface area contributed by atoms with Crippen molar-refractivity contribution < 1.29 is 14.6 Å². The number of rotatable bonds is 4. The van der Waals surface area contributed by atoms with E-state index in [0.29, 0.717) is 5.92 Å². The summed E-state index contributed by atoms with van der Waals surface area (Å²) in [7, 11) is 1.74. The first-order valence-electron chi connectivity index (χ1n) is 7.53. The van der Waals surface area contributed by atoms with Gasteiger partial charge in [-0.05, 0) is 24.7 Å². The van der Waals surface area contributed by atoms with Crippen molar-refractivity contribution in [3.05, 3.63) is 0 Å². The van der Waals surface area contributed by atoms with Gasteiger partial charge in [0.15, 0.2) is 0 Å². The van der Waals surface area contributed by atoms with Crippen molar-refractivity contribution in [2.24, 2.45) is 11.8 Å². The lowest BCUT2D eigenvalue weighted by atomic mass is 9.71. The number of aliphatic hydroxyl groups excluding tert-OH is 1. The molecule has 0 aromatic heterocycles. The number of methoxy groups -OCH3 is 1. The highest BCUT2D eigenvalue weighted by molar-refractivity contribution is 4.95. The van der Waals surface area contributed by atoms with Crippen LogP contribution < -0.4 is 0 Å². The minimum absolute atomic E-state index is 0.319. The molecular weight excluding hydrogens is 228 g/mol. The first kappa shape index (κ1) is 14.3. The van der Waals surface area contributed by atoms with E-state index in [9.17, 15) is 5.11 Å². The van der Waals surface area contributed by atoms with E-state index in [1.54, 1.807) is 7.11 Å². The van der Waals surface area contributed by atoms with Crippen molar-refractivity contribution >= 4 is 0 Å². The van der Waals surface area contributed by atoms with Crippen LogP contribution in [0.25, 0.3) is 0 Å². The Morgan fingerprint density at radius 2 is 2.06 bits per heavy atom. The van der Waals surface area contributed by atoms with Crippen LogP contribution in [0.15, 0.2) is 0 Å². The van der Waals surface area contributed by atoms with Gasteiger partial charge >= 0.3 is 0 Å². The quantitative estimate of drug-likeness (QED) is 0.840. The van der Waals surface area contributed by atoms with E-state index in [-0.39, 0.29) is 11.7 Å². The van der Waals surface area contributed by atoms with Crippen LogP contribution in [-0.2, 0) is 9.47 Å². The molecule has 106 valence electrons. The fourth-order valence-electron chi connectivity index (χ4n) is 3.76. The van der Waals surface area contributed by atoms with E-state index in [1.165, 1.54) is 25.7 Å². The maximum Gasteiger partial charge on any atom is 0.0982 e. The molecule has 0 bridgehead atoms. The fourth-order valence-corrected chi connectivity index (χ4v) is 3.76. The van der Waals surface area contributed by atoms with Gasteiger partial charge in [-0.25, -0.2) is 0 Å². The summed E-state index contributed by atoms with van der Waals surface area (Å²) in [4.78, 5) is 0. The Hall–Kier alpha value is -0.120. The molecule has 3 nitrogen and oxygen atoms in total. The van der Waals surface area contributed by atoms with E-state index < -0.39 is 0 Å². The lowest BCUT2D eigenvalue weighted by Crippen LogP contribution is -2.52. The molecule has 2 aliphatic rings. The lowest BCUT2D eigenvalue weighted by molar-refractivity contribution is -0.172. The second-order valence-corrected chi connectivity index (χ2v) is 6.03. The second kappa shape index (κ2) is 6.36. The average Bonchev–Trinajstić information content (AvgIpc) is 2.47. The van der Waals surface area contributed by atoms with Gasteiger partial charge in [-0.3, -0.25) is 0 Å². The zero-order valence-corrected chi connectivity index (χ0v) is 11.9. The van der Waals surface area contributed by atoms with Crippen LogP contribution in [0, 0.1) is 11.8 Å². The number of ether oxygens (including phenoxy) is 2. The third-order valence-electron chi connectivity index (χ3n) is 5.13. The molecule has 0 aromatic rings. The third-order valence-corrected chi connectivity index (χ3v) is 5.13. The van der Waals surface area contributed by atoms with Gasteiger partial charge in [-0.2, -0.15) is 0 Å². The van der Waals surface area contributed by atoms with Gasteiger partial charge in [0.05, 0.1) is 11.7 Å². The Kier molecular flexibility index (Phi) is 5.05. The first-order valence-corrected chi connectivity index (χ1v) is 7.53.